The summed E-state index contributed by atoms with van der Waals surface area (Å²) in [5.41, 5.74) is 4.06. The highest BCUT2D eigenvalue weighted by Crippen LogP contribution is 2.07. The molecule has 110 valence electrons. The monoisotopic (exact) mass is 284 g/mol. The Morgan fingerprint density at radius 3 is 2.71 bits per heavy atom. The minimum absolute atomic E-state index is 0.360. The highest BCUT2D eigenvalue weighted by atomic mass is 16.5. The van der Waals surface area contributed by atoms with Gasteiger partial charge in [0.15, 0.2) is 0 Å². The molecule has 1 N–H and O–H groups in total. The van der Waals surface area contributed by atoms with Crippen molar-refractivity contribution in [2.75, 3.05) is 13.7 Å². The van der Waals surface area contributed by atoms with Gasteiger partial charge >= 0.3 is 5.97 Å². The number of carbonyl (C=O) groups excluding carboxylic acids is 1. The highest BCUT2D eigenvalue weighted by molar-refractivity contribution is 5.88. The third-order valence-electron chi connectivity index (χ3n) is 3.38. The molecule has 0 spiro atoms. The summed E-state index contributed by atoms with van der Waals surface area (Å²) in [6, 6.07) is 12.0. The van der Waals surface area contributed by atoms with Crippen molar-refractivity contribution in [1.29, 1.82) is 0 Å². The van der Waals surface area contributed by atoms with Gasteiger partial charge in [0.25, 0.3) is 0 Å². The maximum atomic E-state index is 11.3. The van der Waals surface area contributed by atoms with E-state index in [4.69, 9.17) is 0 Å². The number of ether oxygens (including phenoxy) is 1. The average Bonchev–Trinajstić information content (AvgIpc) is 2.53. The number of esters is 1. The quantitative estimate of drug-likeness (QED) is 0.654. The number of rotatable bonds is 6. The zero-order valence-corrected chi connectivity index (χ0v) is 12.4. The number of hydrogen-bond donors (Lipinski definition) is 1. The van der Waals surface area contributed by atoms with E-state index in [2.05, 4.69) is 46.2 Å². The standard InChI is InChI=1S/C17H20N2O2/c1-13-5-3-4-6-14(13)9-10-18-12-16-8-7-15(11-19-16)17(20)21-2/h3-8,11,18H,9-10,12H2,1-2H3. The van der Waals surface area contributed by atoms with E-state index in [1.54, 1.807) is 12.3 Å². The number of methoxy groups -OCH3 is 1. The van der Waals surface area contributed by atoms with Crippen molar-refractivity contribution in [3.8, 4) is 0 Å². The maximum absolute atomic E-state index is 11.3. The molecule has 2 aromatic rings. The molecule has 1 aromatic heterocycles. The largest absolute Gasteiger partial charge is 0.465 e. The van der Waals surface area contributed by atoms with E-state index < -0.39 is 0 Å². The van der Waals surface area contributed by atoms with Gasteiger partial charge in [0.05, 0.1) is 18.4 Å². The van der Waals surface area contributed by atoms with Gasteiger partial charge in [-0.2, -0.15) is 0 Å². The molecule has 0 atom stereocenters. The number of aromatic nitrogens is 1. The van der Waals surface area contributed by atoms with E-state index >= 15 is 0 Å². The molecule has 0 aliphatic rings. The van der Waals surface area contributed by atoms with Gasteiger partial charge in [-0.1, -0.05) is 24.3 Å². The molecule has 0 saturated carbocycles. The predicted octanol–water partition coefficient (Wildman–Crippen LogP) is 2.51. The average molecular weight is 284 g/mol. The van der Waals surface area contributed by atoms with Crippen LogP contribution in [0.25, 0.3) is 0 Å². The first-order valence-corrected chi connectivity index (χ1v) is 6.99. The lowest BCUT2D eigenvalue weighted by molar-refractivity contribution is 0.0600. The topological polar surface area (TPSA) is 51.2 Å². The first kappa shape index (κ1) is 15.2. The molecular formula is C17H20N2O2. The summed E-state index contributed by atoms with van der Waals surface area (Å²) in [4.78, 5) is 15.5. The van der Waals surface area contributed by atoms with Crippen LogP contribution in [0, 0.1) is 6.92 Å². The van der Waals surface area contributed by atoms with Crippen LogP contribution in [0.4, 0.5) is 0 Å². The van der Waals surface area contributed by atoms with Gasteiger partial charge in [-0.3, -0.25) is 4.98 Å². The van der Waals surface area contributed by atoms with Crippen LogP contribution >= 0.6 is 0 Å². The number of hydrogen-bond acceptors (Lipinski definition) is 4. The minimum Gasteiger partial charge on any atom is -0.465 e. The number of carbonyl (C=O) groups is 1. The van der Waals surface area contributed by atoms with Gasteiger partial charge in [-0.15, -0.1) is 0 Å². The Morgan fingerprint density at radius 2 is 2.05 bits per heavy atom. The zero-order valence-electron chi connectivity index (χ0n) is 12.4. The Kier molecular flexibility index (Phi) is 5.46. The molecule has 4 nitrogen and oxygen atoms in total. The Labute approximate surface area is 125 Å². The van der Waals surface area contributed by atoms with Crippen LogP contribution in [0.1, 0.15) is 27.2 Å². The number of benzene rings is 1. The molecule has 0 saturated heterocycles. The number of nitrogens with zero attached hydrogens (tertiary/aromatic N) is 1. The first-order chi connectivity index (χ1) is 10.2. The second kappa shape index (κ2) is 7.55. The minimum atomic E-state index is -0.360. The lowest BCUT2D eigenvalue weighted by Crippen LogP contribution is -2.18. The summed E-state index contributed by atoms with van der Waals surface area (Å²) in [5, 5.41) is 3.36. The number of aryl methyl sites for hydroxylation is 1. The van der Waals surface area contributed by atoms with E-state index in [1.807, 2.05) is 6.07 Å². The second-order valence-corrected chi connectivity index (χ2v) is 4.88. The van der Waals surface area contributed by atoms with E-state index in [9.17, 15) is 4.79 Å². The summed E-state index contributed by atoms with van der Waals surface area (Å²) in [5.74, 6) is -0.360. The number of pyridine rings is 1. The molecular weight excluding hydrogens is 264 g/mol. The van der Waals surface area contributed by atoms with E-state index in [1.165, 1.54) is 18.2 Å². The van der Waals surface area contributed by atoms with E-state index in [-0.39, 0.29) is 5.97 Å². The van der Waals surface area contributed by atoms with E-state index in [0.717, 1.165) is 18.7 Å². The van der Waals surface area contributed by atoms with Crippen LogP contribution in [0.15, 0.2) is 42.6 Å². The summed E-state index contributed by atoms with van der Waals surface area (Å²) in [6.45, 7) is 3.71. The molecule has 0 aliphatic heterocycles. The zero-order chi connectivity index (χ0) is 15.1. The van der Waals surface area contributed by atoms with Crippen molar-refractivity contribution in [2.24, 2.45) is 0 Å². The van der Waals surface area contributed by atoms with Gasteiger partial charge in [-0.05, 0) is 43.1 Å². The molecule has 4 heteroatoms. The smallest absolute Gasteiger partial charge is 0.339 e. The van der Waals surface area contributed by atoms with Crippen LogP contribution in [0.5, 0.6) is 0 Å². The summed E-state index contributed by atoms with van der Waals surface area (Å²) < 4.78 is 4.64. The van der Waals surface area contributed by atoms with E-state index in [0.29, 0.717) is 12.1 Å². The maximum Gasteiger partial charge on any atom is 0.339 e. The van der Waals surface area contributed by atoms with Gasteiger partial charge < -0.3 is 10.1 Å². The molecule has 0 amide bonds. The van der Waals surface area contributed by atoms with Gasteiger partial charge in [0.1, 0.15) is 0 Å². The summed E-state index contributed by atoms with van der Waals surface area (Å²) in [6.07, 6.45) is 2.54. The Bertz CT molecular complexity index is 594. The SMILES string of the molecule is COC(=O)c1ccc(CNCCc2ccccc2C)nc1. The lowest BCUT2D eigenvalue weighted by atomic mass is 10.1. The fourth-order valence-electron chi connectivity index (χ4n) is 2.10. The van der Waals surface area contributed by atoms with Crippen molar-refractivity contribution in [1.82, 2.24) is 10.3 Å². The summed E-state index contributed by atoms with van der Waals surface area (Å²) in [7, 11) is 1.36. The van der Waals surface area contributed by atoms with Crippen molar-refractivity contribution in [3.63, 3.8) is 0 Å². The summed E-state index contributed by atoms with van der Waals surface area (Å²) >= 11 is 0. The molecule has 1 aromatic carbocycles. The molecule has 1 heterocycles. The fraction of sp³-hybridized carbons (Fsp3) is 0.294. The second-order valence-electron chi connectivity index (χ2n) is 4.88. The van der Waals surface area contributed by atoms with Crippen LogP contribution in [0.2, 0.25) is 0 Å². The van der Waals surface area contributed by atoms with Gasteiger partial charge in [0, 0.05) is 12.7 Å². The van der Waals surface area contributed by atoms with Crippen molar-refractivity contribution in [3.05, 3.63) is 65.0 Å². The molecule has 0 aliphatic carbocycles. The van der Waals surface area contributed by atoms with Crippen molar-refractivity contribution >= 4 is 5.97 Å². The Morgan fingerprint density at radius 1 is 1.24 bits per heavy atom. The van der Waals surface area contributed by atoms with Crippen molar-refractivity contribution < 1.29 is 9.53 Å². The van der Waals surface area contributed by atoms with Crippen LogP contribution in [0.3, 0.4) is 0 Å². The lowest BCUT2D eigenvalue weighted by Gasteiger charge is -2.07. The normalized spacial score (nSPS) is 10.4. The highest BCUT2D eigenvalue weighted by Gasteiger charge is 2.05. The molecule has 0 bridgehead atoms. The van der Waals surface area contributed by atoms with Crippen LogP contribution in [-0.2, 0) is 17.7 Å². The predicted molar refractivity (Wildman–Crippen MR) is 82.2 cm³/mol. The molecule has 2 rings (SSSR count). The molecule has 0 radical (unpaired) electrons. The fourth-order valence-corrected chi connectivity index (χ4v) is 2.10. The van der Waals surface area contributed by atoms with Gasteiger partial charge in [0.2, 0.25) is 0 Å². The third-order valence-corrected chi connectivity index (χ3v) is 3.38. The first-order valence-electron chi connectivity index (χ1n) is 6.99. The molecule has 21 heavy (non-hydrogen) atoms. The number of nitrogens with one attached hydrogen (secondary N) is 1. The van der Waals surface area contributed by atoms with Gasteiger partial charge in [-0.25, -0.2) is 4.79 Å². The van der Waals surface area contributed by atoms with Crippen LogP contribution < -0.4 is 5.32 Å². The third kappa shape index (κ3) is 4.39. The molecule has 0 unspecified atom stereocenters. The Hall–Kier alpha value is -2.20. The molecule has 0 fully saturated rings. The Balaban J connectivity index is 1.79. The van der Waals surface area contributed by atoms with Crippen LogP contribution in [-0.4, -0.2) is 24.6 Å². The van der Waals surface area contributed by atoms with Crippen molar-refractivity contribution in [2.45, 2.75) is 19.9 Å².